The van der Waals surface area contributed by atoms with Crippen molar-refractivity contribution in [2.75, 3.05) is 33.2 Å². The summed E-state index contributed by atoms with van der Waals surface area (Å²) < 4.78 is 21.8. The molecule has 0 bridgehead atoms. The standard InChI is InChI=1S/C10H18O4/c1-2-3-9-13-6-10(7-14-9)4-11-8-12-5-10/h9H,2-8H2,1H3. The number of rotatable bonds is 2. The van der Waals surface area contributed by atoms with Crippen LogP contribution in [0.2, 0.25) is 0 Å². The van der Waals surface area contributed by atoms with Crippen molar-refractivity contribution in [2.45, 2.75) is 26.1 Å². The van der Waals surface area contributed by atoms with E-state index in [1.165, 1.54) is 0 Å². The molecular weight excluding hydrogens is 184 g/mol. The third kappa shape index (κ3) is 2.25. The van der Waals surface area contributed by atoms with Crippen LogP contribution in [-0.4, -0.2) is 39.5 Å². The quantitative estimate of drug-likeness (QED) is 0.673. The summed E-state index contributed by atoms with van der Waals surface area (Å²) in [5, 5.41) is 0. The van der Waals surface area contributed by atoms with Gasteiger partial charge in [0, 0.05) is 0 Å². The van der Waals surface area contributed by atoms with Gasteiger partial charge in [0.2, 0.25) is 0 Å². The number of ether oxygens (including phenoxy) is 4. The van der Waals surface area contributed by atoms with E-state index in [1.54, 1.807) is 0 Å². The van der Waals surface area contributed by atoms with E-state index in [1.807, 2.05) is 0 Å². The Morgan fingerprint density at radius 1 is 1.07 bits per heavy atom. The van der Waals surface area contributed by atoms with Crippen molar-refractivity contribution in [3.8, 4) is 0 Å². The maximum Gasteiger partial charge on any atom is 0.157 e. The molecule has 0 radical (unpaired) electrons. The van der Waals surface area contributed by atoms with Gasteiger partial charge in [-0.3, -0.25) is 0 Å². The Morgan fingerprint density at radius 3 is 2.29 bits per heavy atom. The zero-order chi connectivity index (χ0) is 9.86. The van der Waals surface area contributed by atoms with E-state index >= 15 is 0 Å². The summed E-state index contributed by atoms with van der Waals surface area (Å²) in [7, 11) is 0. The molecule has 0 aromatic rings. The Labute approximate surface area is 84.5 Å². The second-order valence-corrected chi connectivity index (χ2v) is 4.16. The average molecular weight is 202 g/mol. The summed E-state index contributed by atoms with van der Waals surface area (Å²) in [5.41, 5.74) is -0.0531. The van der Waals surface area contributed by atoms with Crippen molar-refractivity contribution in [1.82, 2.24) is 0 Å². The van der Waals surface area contributed by atoms with Crippen LogP contribution < -0.4 is 0 Å². The molecular formula is C10H18O4. The number of hydrogen-bond donors (Lipinski definition) is 0. The molecule has 0 unspecified atom stereocenters. The third-order valence-corrected chi connectivity index (χ3v) is 2.66. The van der Waals surface area contributed by atoms with Gasteiger partial charge in [-0.1, -0.05) is 13.3 Å². The van der Waals surface area contributed by atoms with Crippen molar-refractivity contribution in [2.24, 2.45) is 5.41 Å². The number of hydrogen-bond acceptors (Lipinski definition) is 4. The van der Waals surface area contributed by atoms with E-state index in [4.69, 9.17) is 18.9 Å². The predicted molar refractivity (Wildman–Crippen MR) is 49.8 cm³/mol. The molecule has 0 atom stereocenters. The molecule has 2 rings (SSSR count). The van der Waals surface area contributed by atoms with Crippen LogP contribution in [0.15, 0.2) is 0 Å². The summed E-state index contributed by atoms with van der Waals surface area (Å²) in [6.45, 7) is 5.29. The molecule has 0 aromatic heterocycles. The van der Waals surface area contributed by atoms with Crippen LogP contribution in [0.3, 0.4) is 0 Å². The van der Waals surface area contributed by atoms with Crippen LogP contribution in [0.1, 0.15) is 19.8 Å². The van der Waals surface area contributed by atoms with Crippen LogP contribution in [-0.2, 0) is 18.9 Å². The lowest BCUT2D eigenvalue weighted by Gasteiger charge is -2.41. The highest BCUT2D eigenvalue weighted by Crippen LogP contribution is 2.29. The van der Waals surface area contributed by atoms with Crippen LogP contribution in [0, 0.1) is 5.41 Å². The first-order valence-electron chi connectivity index (χ1n) is 5.23. The smallest absolute Gasteiger partial charge is 0.157 e. The maximum absolute atomic E-state index is 5.63. The summed E-state index contributed by atoms with van der Waals surface area (Å²) in [5.74, 6) is 0. The van der Waals surface area contributed by atoms with Crippen LogP contribution in [0.25, 0.3) is 0 Å². The molecule has 4 nitrogen and oxygen atoms in total. The van der Waals surface area contributed by atoms with Crippen molar-refractivity contribution < 1.29 is 18.9 Å². The van der Waals surface area contributed by atoms with Gasteiger partial charge in [-0.2, -0.15) is 0 Å². The summed E-state index contributed by atoms with van der Waals surface area (Å²) in [6.07, 6.45) is 2.04. The Morgan fingerprint density at radius 2 is 1.71 bits per heavy atom. The second-order valence-electron chi connectivity index (χ2n) is 4.16. The first-order chi connectivity index (χ1) is 6.85. The normalized spacial score (nSPS) is 28.1. The fraction of sp³-hybridized carbons (Fsp3) is 1.00. The largest absolute Gasteiger partial charge is 0.355 e. The molecule has 0 aromatic carbocycles. The molecule has 2 saturated heterocycles. The van der Waals surface area contributed by atoms with Gasteiger partial charge in [-0.15, -0.1) is 0 Å². The van der Waals surface area contributed by atoms with E-state index < -0.39 is 0 Å². The first kappa shape index (κ1) is 10.4. The molecule has 82 valence electrons. The molecule has 0 aliphatic carbocycles. The lowest BCUT2D eigenvalue weighted by molar-refractivity contribution is -0.280. The topological polar surface area (TPSA) is 36.9 Å². The minimum absolute atomic E-state index is 0.0208. The van der Waals surface area contributed by atoms with Crippen molar-refractivity contribution in [3.05, 3.63) is 0 Å². The molecule has 0 saturated carbocycles. The van der Waals surface area contributed by atoms with Gasteiger partial charge in [0.25, 0.3) is 0 Å². The fourth-order valence-corrected chi connectivity index (χ4v) is 1.82. The van der Waals surface area contributed by atoms with Crippen molar-refractivity contribution in [3.63, 3.8) is 0 Å². The molecule has 2 aliphatic rings. The lowest BCUT2D eigenvalue weighted by Crippen LogP contribution is -2.50. The van der Waals surface area contributed by atoms with Gasteiger partial charge < -0.3 is 18.9 Å². The van der Waals surface area contributed by atoms with Gasteiger partial charge in [0.15, 0.2) is 6.29 Å². The van der Waals surface area contributed by atoms with E-state index in [0.717, 1.165) is 12.8 Å². The molecule has 2 aliphatic heterocycles. The minimum Gasteiger partial charge on any atom is -0.355 e. The van der Waals surface area contributed by atoms with Gasteiger partial charge in [0.1, 0.15) is 6.79 Å². The lowest BCUT2D eigenvalue weighted by atomic mass is 9.91. The first-order valence-corrected chi connectivity index (χ1v) is 5.23. The molecule has 0 amide bonds. The van der Waals surface area contributed by atoms with Crippen molar-refractivity contribution in [1.29, 1.82) is 0 Å². The zero-order valence-electron chi connectivity index (χ0n) is 8.66. The molecule has 2 fully saturated rings. The minimum atomic E-state index is -0.0531. The molecule has 1 spiro atoms. The summed E-state index contributed by atoms with van der Waals surface area (Å²) in [6, 6.07) is 0. The Balaban J connectivity index is 1.81. The highest BCUT2D eigenvalue weighted by molar-refractivity contribution is 4.82. The molecule has 14 heavy (non-hydrogen) atoms. The van der Waals surface area contributed by atoms with E-state index in [2.05, 4.69) is 6.92 Å². The summed E-state index contributed by atoms with van der Waals surface area (Å²) >= 11 is 0. The second kappa shape index (κ2) is 4.57. The monoisotopic (exact) mass is 202 g/mol. The van der Waals surface area contributed by atoms with Gasteiger partial charge >= 0.3 is 0 Å². The summed E-state index contributed by atoms with van der Waals surface area (Å²) in [4.78, 5) is 0. The highest BCUT2D eigenvalue weighted by atomic mass is 16.7. The SMILES string of the molecule is CCCC1OCC2(COCOC2)CO1. The third-order valence-electron chi connectivity index (χ3n) is 2.66. The van der Waals surface area contributed by atoms with Crippen LogP contribution in [0.4, 0.5) is 0 Å². The van der Waals surface area contributed by atoms with E-state index in [0.29, 0.717) is 33.2 Å². The van der Waals surface area contributed by atoms with E-state index in [9.17, 15) is 0 Å². The Hall–Kier alpha value is -0.160. The van der Waals surface area contributed by atoms with Crippen molar-refractivity contribution >= 4 is 0 Å². The predicted octanol–water partition coefficient (Wildman–Crippen LogP) is 1.15. The van der Waals surface area contributed by atoms with Gasteiger partial charge in [-0.25, -0.2) is 0 Å². The van der Waals surface area contributed by atoms with Gasteiger partial charge in [0.05, 0.1) is 31.8 Å². The fourth-order valence-electron chi connectivity index (χ4n) is 1.82. The Kier molecular flexibility index (Phi) is 3.38. The van der Waals surface area contributed by atoms with Crippen LogP contribution >= 0.6 is 0 Å². The van der Waals surface area contributed by atoms with Crippen LogP contribution in [0.5, 0.6) is 0 Å². The average Bonchev–Trinajstić information content (AvgIpc) is 2.24. The molecule has 0 N–H and O–H groups in total. The highest BCUT2D eigenvalue weighted by Gasteiger charge is 2.39. The molecule has 4 heteroatoms. The maximum atomic E-state index is 5.63. The van der Waals surface area contributed by atoms with Gasteiger partial charge in [-0.05, 0) is 6.42 Å². The van der Waals surface area contributed by atoms with E-state index in [-0.39, 0.29) is 11.7 Å². The Bertz CT molecular complexity index is 167. The molecule has 2 heterocycles. The zero-order valence-corrected chi connectivity index (χ0v) is 8.66.